The van der Waals surface area contributed by atoms with Crippen LogP contribution in [0.1, 0.15) is 39.6 Å². The molecule has 3 rings (SSSR count). The van der Waals surface area contributed by atoms with Crippen LogP contribution in [0.3, 0.4) is 0 Å². The van der Waals surface area contributed by atoms with Gasteiger partial charge in [0, 0.05) is 12.2 Å². The van der Waals surface area contributed by atoms with Gasteiger partial charge in [0.2, 0.25) is 5.91 Å². The van der Waals surface area contributed by atoms with Crippen LogP contribution in [0.25, 0.3) is 6.08 Å². The van der Waals surface area contributed by atoms with E-state index in [9.17, 15) is 9.59 Å². The molecule has 1 amide bonds. The summed E-state index contributed by atoms with van der Waals surface area (Å²) in [5.41, 5.74) is 2.91. The summed E-state index contributed by atoms with van der Waals surface area (Å²) in [6, 6.07) is 0. The molecule has 0 saturated heterocycles. The van der Waals surface area contributed by atoms with Gasteiger partial charge in [-0.3, -0.25) is 4.79 Å². The van der Waals surface area contributed by atoms with Crippen LogP contribution in [0.4, 0.5) is 0 Å². The Kier molecular flexibility index (Phi) is 2.45. The Bertz CT molecular complexity index is 559. The minimum Gasteiger partial charge on any atom is -0.369 e. The average molecular weight is 247 g/mol. The van der Waals surface area contributed by atoms with Crippen molar-refractivity contribution in [2.45, 2.75) is 18.8 Å². The fourth-order valence-corrected chi connectivity index (χ4v) is 2.71. The largest absolute Gasteiger partial charge is 0.373 e. The molecule has 94 valence electrons. The van der Waals surface area contributed by atoms with Gasteiger partial charge in [0.25, 0.3) is 0 Å². The van der Waals surface area contributed by atoms with E-state index in [0.717, 1.165) is 16.8 Å². The van der Waals surface area contributed by atoms with Crippen LogP contribution in [0, 0.1) is 0 Å². The van der Waals surface area contributed by atoms with Gasteiger partial charge in [-0.1, -0.05) is 6.08 Å². The number of aromatic nitrogens is 1. The Morgan fingerprint density at radius 2 is 2.33 bits per heavy atom. The highest BCUT2D eigenvalue weighted by atomic mass is 16.7. The number of rotatable bonds is 1. The minimum atomic E-state index is -0.596. The molecule has 6 nitrogen and oxygen atoms in total. The lowest BCUT2D eigenvalue weighted by Gasteiger charge is -2.16. The third-order valence-electron chi connectivity index (χ3n) is 3.48. The summed E-state index contributed by atoms with van der Waals surface area (Å²) in [4.78, 5) is 30.9. The Morgan fingerprint density at radius 3 is 3.11 bits per heavy atom. The van der Waals surface area contributed by atoms with E-state index in [4.69, 9.17) is 5.90 Å². The number of allylic oxidation sites excluding steroid dienone is 1. The highest BCUT2D eigenvalue weighted by Crippen LogP contribution is 2.36. The summed E-state index contributed by atoms with van der Waals surface area (Å²) in [6.07, 6.45) is 5.07. The maximum Gasteiger partial charge on any atom is 0.373 e. The van der Waals surface area contributed by atoms with Gasteiger partial charge >= 0.3 is 5.97 Å². The number of H-pyrrole nitrogens is 1. The fraction of sp³-hybridized carbons (Fsp3) is 0.333. The van der Waals surface area contributed by atoms with E-state index in [1.165, 1.54) is 0 Å². The number of carbonyl (C=O) groups is 2. The van der Waals surface area contributed by atoms with Gasteiger partial charge in [0.1, 0.15) is 5.69 Å². The molecule has 1 aliphatic heterocycles. The van der Waals surface area contributed by atoms with Crippen molar-refractivity contribution in [2.75, 3.05) is 6.54 Å². The van der Waals surface area contributed by atoms with Crippen LogP contribution in [0.15, 0.2) is 6.08 Å². The van der Waals surface area contributed by atoms with Crippen molar-refractivity contribution in [2.24, 2.45) is 5.90 Å². The van der Waals surface area contributed by atoms with E-state index >= 15 is 0 Å². The maximum atomic E-state index is 11.9. The number of amides is 1. The van der Waals surface area contributed by atoms with E-state index < -0.39 is 5.97 Å². The second kappa shape index (κ2) is 3.99. The van der Waals surface area contributed by atoms with Crippen LogP contribution in [-0.4, -0.2) is 23.4 Å². The topological polar surface area (TPSA) is 97.2 Å². The van der Waals surface area contributed by atoms with Crippen LogP contribution in [-0.2, 0) is 16.1 Å². The molecule has 1 unspecified atom stereocenters. The number of nitrogens with one attached hydrogen (secondary N) is 2. The van der Waals surface area contributed by atoms with Gasteiger partial charge in [-0.2, -0.15) is 5.90 Å². The number of hydrogen-bond acceptors (Lipinski definition) is 4. The molecule has 0 fully saturated rings. The minimum absolute atomic E-state index is 0.00557. The zero-order valence-corrected chi connectivity index (χ0v) is 9.66. The zero-order valence-electron chi connectivity index (χ0n) is 9.66. The third kappa shape index (κ3) is 1.46. The smallest absolute Gasteiger partial charge is 0.369 e. The molecule has 2 aliphatic rings. The van der Waals surface area contributed by atoms with Crippen molar-refractivity contribution in [1.82, 2.24) is 10.3 Å². The molecule has 1 atom stereocenters. The molecule has 4 N–H and O–H groups in total. The highest BCUT2D eigenvalue weighted by molar-refractivity contribution is 5.94. The van der Waals surface area contributed by atoms with Gasteiger partial charge in [-0.05, 0) is 30.0 Å². The monoisotopic (exact) mass is 247 g/mol. The van der Waals surface area contributed by atoms with Crippen molar-refractivity contribution < 1.29 is 14.4 Å². The van der Waals surface area contributed by atoms with Crippen LogP contribution in [0.2, 0.25) is 0 Å². The molecular weight excluding hydrogens is 234 g/mol. The summed E-state index contributed by atoms with van der Waals surface area (Å²) in [6.45, 7) is 0.518. The molecule has 6 heteroatoms. The summed E-state index contributed by atoms with van der Waals surface area (Å²) >= 11 is 0. The molecule has 0 aromatic carbocycles. The molecule has 1 aliphatic carbocycles. The predicted molar refractivity (Wildman–Crippen MR) is 63.5 cm³/mol. The van der Waals surface area contributed by atoms with Crippen molar-refractivity contribution in [3.63, 3.8) is 0 Å². The number of hydrogen-bond donors (Lipinski definition) is 3. The van der Waals surface area contributed by atoms with Crippen LogP contribution >= 0.6 is 0 Å². The summed E-state index contributed by atoms with van der Waals surface area (Å²) in [7, 11) is 0. The molecular formula is C12H13N3O3. The first-order chi connectivity index (χ1) is 8.72. The predicted octanol–water partition coefficient (Wildman–Crippen LogP) is 0.218. The lowest BCUT2D eigenvalue weighted by Crippen LogP contribution is -2.28. The van der Waals surface area contributed by atoms with E-state index in [1.54, 1.807) is 0 Å². The van der Waals surface area contributed by atoms with Crippen LogP contribution < -0.4 is 11.2 Å². The molecule has 18 heavy (non-hydrogen) atoms. The Labute approximate surface area is 103 Å². The summed E-state index contributed by atoms with van der Waals surface area (Å²) in [5.74, 6) is 4.12. The normalized spacial score (nSPS) is 20.9. The SMILES string of the molecule is NOC(=O)c1[nH]c2c3c1CCNC(=O)C3CC=C2. The summed E-state index contributed by atoms with van der Waals surface area (Å²) in [5, 5.41) is 2.85. The third-order valence-corrected chi connectivity index (χ3v) is 3.48. The fourth-order valence-electron chi connectivity index (χ4n) is 2.71. The van der Waals surface area contributed by atoms with Crippen molar-refractivity contribution >= 4 is 18.0 Å². The van der Waals surface area contributed by atoms with Gasteiger partial charge in [0.05, 0.1) is 5.92 Å². The number of nitrogens with two attached hydrogens (primary N) is 1. The lowest BCUT2D eigenvalue weighted by molar-refractivity contribution is -0.122. The molecule has 1 aromatic heterocycles. The standard InChI is InChI=1S/C12H13N3O3/c13-18-12(17)10-6-4-5-14-11(16)7-2-1-3-8(15-10)9(6)7/h1,3,7,15H,2,4-5,13H2,(H,14,16). The quantitative estimate of drug-likeness (QED) is 0.618. The molecule has 0 bridgehead atoms. The number of aromatic amines is 1. The van der Waals surface area contributed by atoms with E-state index in [1.807, 2.05) is 12.2 Å². The van der Waals surface area contributed by atoms with Crippen molar-refractivity contribution in [3.05, 3.63) is 28.6 Å². The maximum absolute atomic E-state index is 11.9. The van der Waals surface area contributed by atoms with E-state index in [0.29, 0.717) is 25.1 Å². The Morgan fingerprint density at radius 1 is 1.50 bits per heavy atom. The van der Waals surface area contributed by atoms with Crippen molar-refractivity contribution in [1.29, 1.82) is 0 Å². The first-order valence-corrected chi connectivity index (χ1v) is 5.82. The molecule has 1 aromatic rings. The van der Waals surface area contributed by atoms with Gasteiger partial charge < -0.3 is 15.1 Å². The van der Waals surface area contributed by atoms with Gasteiger partial charge in [0.15, 0.2) is 0 Å². The Balaban J connectivity index is 2.19. The van der Waals surface area contributed by atoms with Gasteiger partial charge in [-0.25, -0.2) is 4.79 Å². The molecule has 2 heterocycles. The Hall–Kier alpha value is -2.08. The lowest BCUT2D eigenvalue weighted by atomic mass is 9.87. The van der Waals surface area contributed by atoms with Crippen LogP contribution in [0.5, 0.6) is 0 Å². The van der Waals surface area contributed by atoms with E-state index in [-0.39, 0.29) is 11.8 Å². The second-order valence-corrected chi connectivity index (χ2v) is 4.44. The molecule has 0 saturated carbocycles. The van der Waals surface area contributed by atoms with Gasteiger partial charge in [-0.15, -0.1) is 0 Å². The first kappa shape index (κ1) is 11.0. The van der Waals surface area contributed by atoms with E-state index in [2.05, 4.69) is 15.1 Å². The average Bonchev–Trinajstić information content (AvgIpc) is 2.67. The molecule has 0 radical (unpaired) electrons. The second-order valence-electron chi connectivity index (χ2n) is 4.44. The zero-order chi connectivity index (χ0) is 12.7. The highest BCUT2D eigenvalue weighted by Gasteiger charge is 2.33. The molecule has 0 spiro atoms. The number of carbonyl (C=O) groups excluding carboxylic acids is 2. The summed E-state index contributed by atoms with van der Waals surface area (Å²) < 4.78 is 0. The van der Waals surface area contributed by atoms with Crippen molar-refractivity contribution in [3.8, 4) is 0 Å². The first-order valence-electron chi connectivity index (χ1n) is 5.82.